The second kappa shape index (κ2) is 7.06. The van der Waals surface area contributed by atoms with Gasteiger partial charge in [0.15, 0.2) is 12.4 Å². The Morgan fingerprint density at radius 2 is 2.00 bits per heavy atom. The van der Waals surface area contributed by atoms with Crippen LogP contribution in [0.4, 0.5) is 0 Å². The number of carbonyl (C=O) groups is 1. The molecule has 0 bridgehead atoms. The molecule has 0 aliphatic carbocycles. The van der Waals surface area contributed by atoms with Crippen molar-refractivity contribution in [3.05, 3.63) is 38.6 Å². The number of esters is 1. The Bertz CT molecular complexity index is 660. The number of halogens is 3. The Kier molecular flexibility index (Phi) is 5.39. The van der Waals surface area contributed by atoms with Crippen LogP contribution in [0.5, 0.6) is 0 Å². The molecule has 0 saturated carbocycles. The normalized spacial score (nSPS) is 10.7. The first-order chi connectivity index (χ1) is 10.0. The number of benzene rings is 1. The van der Waals surface area contributed by atoms with Gasteiger partial charge in [0.1, 0.15) is 0 Å². The van der Waals surface area contributed by atoms with Crippen LogP contribution >= 0.6 is 34.8 Å². The molecule has 1 aromatic heterocycles. The van der Waals surface area contributed by atoms with Crippen LogP contribution in [0.3, 0.4) is 0 Å². The number of nitrogens with zero attached hydrogens (tertiary/aromatic N) is 4. The highest BCUT2D eigenvalue weighted by Gasteiger charge is 2.19. The van der Waals surface area contributed by atoms with Crippen molar-refractivity contribution in [2.24, 2.45) is 0 Å². The molecule has 1 aromatic carbocycles. The molecule has 0 atom stereocenters. The van der Waals surface area contributed by atoms with Crippen LogP contribution in [0.15, 0.2) is 12.1 Å². The highest BCUT2D eigenvalue weighted by Crippen LogP contribution is 2.31. The van der Waals surface area contributed by atoms with Gasteiger partial charge >= 0.3 is 5.97 Å². The Hall–Kier alpha value is -1.37. The van der Waals surface area contributed by atoms with E-state index in [0.717, 1.165) is 6.42 Å². The van der Waals surface area contributed by atoms with Gasteiger partial charge in [-0.3, -0.25) is 0 Å². The summed E-state index contributed by atoms with van der Waals surface area (Å²) in [4.78, 5) is 12.1. The number of hydrogen-bond acceptors (Lipinski definition) is 5. The second-order valence-electron chi connectivity index (χ2n) is 4.11. The van der Waals surface area contributed by atoms with E-state index in [2.05, 4.69) is 15.5 Å². The van der Waals surface area contributed by atoms with Gasteiger partial charge in [0.25, 0.3) is 0 Å². The van der Waals surface area contributed by atoms with E-state index in [9.17, 15) is 4.79 Å². The van der Waals surface area contributed by atoms with E-state index in [0.29, 0.717) is 12.4 Å². The number of aromatic nitrogens is 4. The lowest BCUT2D eigenvalue weighted by Gasteiger charge is -2.08. The molecule has 0 aliphatic rings. The van der Waals surface area contributed by atoms with Gasteiger partial charge < -0.3 is 4.74 Å². The Morgan fingerprint density at radius 3 is 2.71 bits per heavy atom. The van der Waals surface area contributed by atoms with Crippen LogP contribution in [-0.2, 0) is 17.9 Å². The smallest absolute Gasteiger partial charge is 0.341 e. The zero-order valence-electron chi connectivity index (χ0n) is 11.0. The maximum absolute atomic E-state index is 12.1. The fraction of sp³-hybridized carbons (Fsp3) is 0.333. The molecule has 0 radical (unpaired) electrons. The second-order valence-corrected chi connectivity index (χ2v) is 5.30. The number of hydrogen-bond donors (Lipinski definition) is 0. The predicted octanol–water partition coefficient (Wildman–Crippen LogP) is 3.40. The first-order valence-electron chi connectivity index (χ1n) is 6.10. The number of rotatable bonds is 5. The topological polar surface area (TPSA) is 69.9 Å². The van der Waals surface area contributed by atoms with Crippen molar-refractivity contribution in [1.29, 1.82) is 0 Å². The molecule has 112 valence electrons. The highest BCUT2D eigenvalue weighted by atomic mass is 35.5. The Balaban J connectivity index is 2.12. The molecule has 0 unspecified atom stereocenters. The number of aryl methyl sites for hydroxylation is 1. The molecular formula is C12H11Cl3N4O2. The molecule has 0 amide bonds. The van der Waals surface area contributed by atoms with E-state index in [1.165, 1.54) is 12.1 Å². The molecule has 0 N–H and O–H groups in total. The Labute approximate surface area is 135 Å². The summed E-state index contributed by atoms with van der Waals surface area (Å²) >= 11 is 17.8. The van der Waals surface area contributed by atoms with Gasteiger partial charge in [-0.15, -0.1) is 5.10 Å². The summed E-state index contributed by atoms with van der Waals surface area (Å²) in [5.74, 6) is -0.238. The van der Waals surface area contributed by atoms with Crippen LogP contribution in [0.1, 0.15) is 29.5 Å². The molecule has 21 heavy (non-hydrogen) atoms. The molecule has 6 nitrogen and oxygen atoms in total. The molecule has 2 rings (SSSR count). The van der Waals surface area contributed by atoms with Gasteiger partial charge in [0, 0.05) is 6.54 Å². The lowest BCUT2D eigenvalue weighted by atomic mass is 10.2. The van der Waals surface area contributed by atoms with Crippen molar-refractivity contribution < 1.29 is 9.53 Å². The third kappa shape index (κ3) is 3.64. The largest absolute Gasteiger partial charge is 0.454 e. The number of ether oxygens (including phenoxy) is 1. The SMILES string of the molecule is CCCn1nnnc1COC(=O)c1c(Cl)ccc(Cl)c1Cl. The van der Waals surface area contributed by atoms with E-state index < -0.39 is 5.97 Å². The van der Waals surface area contributed by atoms with Gasteiger partial charge in [-0.25, -0.2) is 9.48 Å². The molecule has 0 aliphatic heterocycles. The third-order valence-electron chi connectivity index (χ3n) is 2.62. The number of carbonyl (C=O) groups excluding carboxylic acids is 1. The van der Waals surface area contributed by atoms with E-state index in [4.69, 9.17) is 39.5 Å². The van der Waals surface area contributed by atoms with E-state index in [1.54, 1.807) is 4.68 Å². The summed E-state index contributed by atoms with van der Waals surface area (Å²) in [5.41, 5.74) is 0.0281. The van der Waals surface area contributed by atoms with Gasteiger partial charge in [0.2, 0.25) is 0 Å². The first kappa shape index (κ1) is 16.0. The quantitative estimate of drug-likeness (QED) is 0.611. The van der Waals surface area contributed by atoms with Crippen LogP contribution in [0.2, 0.25) is 15.1 Å². The first-order valence-corrected chi connectivity index (χ1v) is 7.23. The molecule has 0 saturated heterocycles. The van der Waals surface area contributed by atoms with Crippen molar-refractivity contribution in [3.8, 4) is 0 Å². The minimum absolute atomic E-state index is 0.0281. The number of tetrazole rings is 1. The van der Waals surface area contributed by atoms with Gasteiger partial charge in [0.05, 0.1) is 20.6 Å². The summed E-state index contributed by atoms with van der Waals surface area (Å²) < 4.78 is 6.71. The van der Waals surface area contributed by atoms with Crippen molar-refractivity contribution in [2.75, 3.05) is 0 Å². The summed E-state index contributed by atoms with van der Waals surface area (Å²) in [6, 6.07) is 2.98. The van der Waals surface area contributed by atoms with E-state index in [1.807, 2.05) is 6.92 Å². The van der Waals surface area contributed by atoms with Crippen LogP contribution in [0.25, 0.3) is 0 Å². The van der Waals surface area contributed by atoms with Crippen molar-refractivity contribution in [1.82, 2.24) is 20.2 Å². The fourth-order valence-corrected chi connectivity index (χ4v) is 2.31. The molecule has 9 heteroatoms. The van der Waals surface area contributed by atoms with Gasteiger partial charge in [-0.05, 0) is 29.0 Å². The zero-order valence-corrected chi connectivity index (χ0v) is 13.3. The molecule has 0 fully saturated rings. The van der Waals surface area contributed by atoms with Crippen molar-refractivity contribution in [3.63, 3.8) is 0 Å². The lowest BCUT2D eigenvalue weighted by molar-refractivity contribution is 0.0457. The van der Waals surface area contributed by atoms with Gasteiger partial charge in [-0.2, -0.15) is 0 Å². The molecule has 1 heterocycles. The molecule has 0 spiro atoms. The summed E-state index contributed by atoms with van der Waals surface area (Å²) in [7, 11) is 0. The van der Waals surface area contributed by atoms with E-state index in [-0.39, 0.29) is 27.2 Å². The maximum atomic E-state index is 12.1. The highest BCUT2D eigenvalue weighted by molar-refractivity contribution is 6.46. The minimum Gasteiger partial charge on any atom is -0.454 e. The zero-order chi connectivity index (χ0) is 15.4. The summed E-state index contributed by atoms with van der Waals surface area (Å²) in [6.07, 6.45) is 0.859. The summed E-state index contributed by atoms with van der Waals surface area (Å²) in [5, 5.41) is 11.6. The molecule has 2 aromatic rings. The third-order valence-corrected chi connectivity index (χ3v) is 3.74. The fourth-order valence-electron chi connectivity index (χ4n) is 1.63. The van der Waals surface area contributed by atoms with Crippen LogP contribution < -0.4 is 0 Å². The maximum Gasteiger partial charge on any atom is 0.341 e. The minimum atomic E-state index is -0.682. The lowest BCUT2D eigenvalue weighted by Crippen LogP contribution is -2.11. The Morgan fingerprint density at radius 1 is 1.29 bits per heavy atom. The standard InChI is InChI=1S/C12H11Cl3N4O2/c1-2-5-19-9(16-17-18-19)6-21-12(20)10-7(13)3-4-8(14)11(10)15/h3-4H,2,5-6H2,1H3. The van der Waals surface area contributed by atoms with E-state index >= 15 is 0 Å². The van der Waals surface area contributed by atoms with Crippen molar-refractivity contribution in [2.45, 2.75) is 26.5 Å². The monoisotopic (exact) mass is 348 g/mol. The van der Waals surface area contributed by atoms with Crippen molar-refractivity contribution >= 4 is 40.8 Å². The average Bonchev–Trinajstić information content (AvgIpc) is 2.89. The average molecular weight is 350 g/mol. The van der Waals surface area contributed by atoms with Gasteiger partial charge in [-0.1, -0.05) is 41.7 Å². The van der Waals surface area contributed by atoms with Crippen LogP contribution in [-0.4, -0.2) is 26.2 Å². The predicted molar refractivity (Wildman–Crippen MR) is 78.7 cm³/mol. The summed E-state index contributed by atoms with van der Waals surface area (Å²) in [6.45, 7) is 2.55. The molecular weight excluding hydrogens is 339 g/mol. The van der Waals surface area contributed by atoms with Crippen LogP contribution in [0, 0.1) is 0 Å².